The first kappa shape index (κ1) is 21.1. The van der Waals surface area contributed by atoms with Crippen molar-refractivity contribution in [3.63, 3.8) is 0 Å². The van der Waals surface area contributed by atoms with Crippen molar-refractivity contribution >= 4 is 46.2 Å². The first-order valence-electron chi connectivity index (χ1n) is 7.99. The third kappa shape index (κ3) is 4.20. The Morgan fingerprint density at radius 2 is 1.54 bits per heavy atom. The number of nitrogens with one attached hydrogen (secondary N) is 1. The average molecular weight is 453 g/mol. The molecule has 0 unspecified atom stereocenters. The number of ketones is 1. The van der Waals surface area contributed by atoms with Crippen molar-refractivity contribution < 1.29 is 22.4 Å². The summed E-state index contributed by atoms with van der Waals surface area (Å²) in [7, 11) is 0. The Hall–Kier alpha value is -1.60. The van der Waals surface area contributed by atoms with Gasteiger partial charge in [-0.05, 0) is 29.3 Å². The Labute approximate surface area is 173 Å². The van der Waals surface area contributed by atoms with E-state index in [9.17, 15) is 22.4 Å². The molecule has 0 bridgehead atoms. The molecule has 1 aliphatic rings. The van der Waals surface area contributed by atoms with Crippen LogP contribution in [-0.4, -0.2) is 25.0 Å². The van der Waals surface area contributed by atoms with Gasteiger partial charge in [0.2, 0.25) is 0 Å². The molecular weight excluding hydrogens is 441 g/mol. The second-order valence-electron chi connectivity index (χ2n) is 6.32. The number of benzene rings is 2. The maximum atomic E-state index is 14.3. The Morgan fingerprint density at radius 1 is 1.00 bits per heavy atom. The maximum absolute atomic E-state index is 14.3. The molecule has 9 heteroatoms. The third-order valence-electron chi connectivity index (χ3n) is 4.37. The van der Waals surface area contributed by atoms with Crippen LogP contribution in [-0.2, 0) is 5.67 Å². The summed E-state index contributed by atoms with van der Waals surface area (Å²) in [5, 5.41) is 2.39. The molecule has 0 amide bonds. The summed E-state index contributed by atoms with van der Waals surface area (Å²) in [6, 6.07) is 7.35. The number of carbonyl (C=O) groups excluding carboxylic acids is 1. The van der Waals surface area contributed by atoms with Crippen LogP contribution in [0, 0.1) is 0 Å². The van der Waals surface area contributed by atoms with Crippen LogP contribution >= 0.6 is 34.8 Å². The molecule has 2 aromatic carbocycles. The number of alkyl halides is 4. The van der Waals surface area contributed by atoms with Crippen molar-refractivity contribution in [2.45, 2.75) is 11.8 Å². The lowest BCUT2D eigenvalue weighted by Crippen LogP contribution is -2.53. The molecule has 0 radical (unpaired) electrons. The van der Waals surface area contributed by atoms with Gasteiger partial charge in [0, 0.05) is 18.7 Å². The quantitative estimate of drug-likeness (QED) is 0.257. The first-order valence-corrected chi connectivity index (χ1v) is 9.13. The topological polar surface area (TPSA) is 29.1 Å². The molecule has 2 aromatic rings. The van der Waals surface area contributed by atoms with Gasteiger partial charge in [-0.25, -0.2) is 4.39 Å². The molecule has 2 nitrogen and oxygen atoms in total. The average Bonchev–Trinajstić information content (AvgIpc) is 2.60. The molecular formula is C19H12Cl3F4NO. The first-order chi connectivity index (χ1) is 13.0. The lowest BCUT2D eigenvalue weighted by Gasteiger charge is -2.35. The van der Waals surface area contributed by atoms with E-state index in [0.29, 0.717) is 11.6 Å². The van der Waals surface area contributed by atoms with E-state index in [-0.39, 0.29) is 39.3 Å². The number of halogens is 7. The highest BCUT2D eigenvalue weighted by atomic mass is 35.5. The Morgan fingerprint density at radius 3 is 1.96 bits per heavy atom. The number of rotatable bonds is 4. The van der Waals surface area contributed by atoms with Crippen LogP contribution in [0.5, 0.6) is 0 Å². The lowest BCUT2D eigenvalue weighted by molar-refractivity contribution is -0.0689. The van der Waals surface area contributed by atoms with Crippen LogP contribution in [0.1, 0.15) is 21.5 Å². The highest BCUT2D eigenvalue weighted by Crippen LogP contribution is 2.39. The normalized spacial score (nSPS) is 16.6. The summed E-state index contributed by atoms with van der Waals surface area (Å²) in [5.41, 5.74) is -2.77. The zero-order valence-electron chi connectivity index (χ0n) is 14.0. The van der Waals surface area contributed by atoms with E-state index in [1.54, 1.807) is 0 Å². The fourth-order valence-corrected chi connectivity index (χ4v) is 3.33. The minimum Gasteiger partial charge on any atom is -0.310 e. The molecule has 28 heavy (non-hydrogen) atoms. The van der Waals surface area contributed by atoms with Crippen LogP contribution in [0.3, 0.4) is 0 Å². The van der Waals surface area contributed by atoms with Gasteiger partial charge in [-0.15, -0.1) is 0 Å². The smallest absolute Gasteiger partial charge is 0.310 e. The second-order valence-corrected chi connectivity index (χ2v) is 7.51. The minimum absolute atomic E-state index is 0.00691. The summed E-state index contributed by atoms with van der Waals surface area (Å²) >= 11 is 17.4. The van der Waals surface area contributed by atoms with Gasteiger partial charge in [-0.2, -0.15) is 13.2 Å². The van der Waals surface area contributed by atoms with Crippen LogP contribution in [0.4, 0.5) is 17.6 Å². The zero-order chi connectivity index (χ0) is 20.7. The molecule has 0 atom stereocenters. The van der Waals surface area contributed by atoms with Crippen molar-refractivity contribution in [3.8, 4) is 0 Å². The van der Waals surface area contributed by atoms with Gasteiger partial charge in [-0.1, -0.05) is 59.1 Å². The molecule has 1 saturated heterocycles. The van der Waals surface area contributed by atoms with E-state index in [1.807, 2.05) is 0 Å². The largest absolute Gasteiger partial charge is 0.417 e. The van der Waals surface area contributed by atoms with E-state index in [0.717, 1.165) is 12.1 Å². The minimum atomic E-state index is -4.84. The molecule has 1 heterocycles. The van der Waals surface area contributed by atoms with Crippen molar-refractivity contribution in [2.24, 2.45) is 0 Å². The Balaban J connectivity index is 1.96. The van der Waals surface area contributed by atoms with E-state index in [2.05, 4.69) is 5.32 Å². The molecule has 0 aliphatic carbocycles. The zero-order valence-corrected chi connectivity index (χ0v) is 16.3. The van der Waals surface area contributed by atoms with Gasteiger partial charge in [0.25, 0.3) is 0 Å². The van der Waals surface area contributed by atoms with Crippen molar-refractivity contribution in [2.75, 3.05) is 13.1 Å². The third-order valence-corrected chi connectivity index (χ3v) is 5.57. The molecule has 148 valence electrons. The van der Waals surface area contributed by atoms with Gasteiger partial charge in [0.05, 0.1) is 20.6 Å². The predicted octanol–water partition coefficient (Wildman–Crippen LogP) is 6.24. The van der Waals surface area contributed by atoms with Gasteiger partial charge >= 0.3 is 6.18 Å². The lowest BCUT2D eigenvalue weighted by atomic mass is 9.89. The standard InChI is InChI=1S/C19H12Cl3F4NO/c20-14-5-11(6-15(21)17(14)22)13(19(24,25)26)7-16(28)10-1-3-12(4-2-10)18(23)8-27-9-18/h1-7,27H,8-9H2/b13-7-. The number of hydrogen-bond donors (Lipinski definition) is 1. The van der Waals surface area contributed by atoms with Crippen molar-refractivity contribution in [1.82, 2.24) is 5.32 Å². The second kappa shape index (κ2) is 7.67. The Bertz CT molecular complexity index is 928. The highest BCUT2D eigenvalue weighted by molar-refractivity contribution is 6.48. The van der Waals surface area contributed by atoms with Gasteiger partial charge < -0.3 is 5.32 Å². The summed E-state index contributed by atoms with van der Waals surface area (Å²) < 4.78 is 54.9. The number of carbonyl (C=O) groups is 1. The van der Waals surface area contributed by atoms with E-state index < -0.39 is 23.2 Å². The number of hydrogen-bond acceptors (Lipinski definition) is 2. The Kier molecular flexibility index (Phi) is 5.79. The molecule has 0 saturated carbocycles. The van der Waals surface area contributed by atoms with Crippen LogP contribution in [0.25, 0.3) is 5.57 Å². The van der Waals surface area contributed by atoms with E-state index >= 15 is 0 Å². The van der Waals surface area contributed by atoms with Crippen molar-refractivity contribution in [3.05, 3.63) is 74.2 Å². The predicted molar refractivity (Wildman–Crippen MR) is 102 cm³/mol. The monoisotopic (exact) mass is 451 g/mol. The fraction of sp³-hybridized carbons (Fsp3) is 0.211. The van der Waals surface area contributed by atoms with Gasteiger partial charge in [-0.3, -0.25) is 4.79 Å². The molecule has 0 spiro atoms. The summed E-state index contributed by atoms with van der Waals surface area (Å²) in [6.07, 6.45) is -4.38. The molecule has 1 fully saturated rings. The molecule has 1 N–H and O–H groups in total. The van der Waals surface area contributed by atoms with Crippen LogP contribution in [0.15, 0.2) is 42.5 Å². The van der Waals surface area contributed by atoms with E-state index in [1.165, 1.54) is 24.3 Å². The number of allylic oxidation sites excluding steroid dienone is 2. The summed E-state index contributed by atoms with van der Waals surface area (Å²) in [5.74, 6) is -0.888. The van der Waals surface area contributed by atoms with E-state index in [4.69, 9.17) is 34.8 Å². The highest BCUT2D eigenvalue weighted by Gasteiger charge is 2.39. The SMILES string of the molecule is O=C(/C=C(/c1cc(Cl)c(Cl)c(Cl)c1)C(F)(F)F)c1ccc(C2(F)CNC2)cc1. The van der Waals surface area contributed by atoms with Crippen molar-refractivity contribution in [1.29, 1.82) is 0 Å². The van der Waals surface area contributed by atoms with Gasteiger partial charge in [0.15, 0.2) is 11.5 Å². The van der Waals surface area contributed by atoms with Gasteiger partial charge in [0.1, 0.15) is 0 Å². The van der Waals surface area contributed by atoms with Crippen LogP contribution < -0.4 is 5.32 Å². The maximum Gasteiger partial charge on any atom is 0.417 e. The van der Waals surface area contributed by atoms with Crippen LogP contribution in [0.2, 0.25) is 15.1 Å². The molecule has 3 rings (SSSR count). The fourth-order valence-electron chi connectivity index (χ4n) is 2.74. The molecule has 0 aromatic heterocycles. The summed E-state index contributed by atoms with van der Waals surface area (Å²) in [4.78, 5) is 12.4. The summed E-state index contributed by atoms with van der Waals surface area (Å²) in [6.45, 7) is 0.299. The molecule has 1 aliphatic heterocycles.